The van der Waals surface area contributed by atoms with Gasteiger partial charge >= 0.3 is 0 Å². The lowest BCUT2D eigenvalue weighted by Crippen LogP contribution is -2.55. The van der Waals surface area contributed by atoms with Crippen molar-refractivity contribution in [3.63, 3.8) is 0 Å². The van der Waals surface area contributed by atoms with Crippen LogP contribution in [-0.2, 0) is 22.6 Å². The van der Waals surface area contributed by atoms with Crippen LogP contribution < -0.4 is 10.5 Å². The maximum Gasteiger partial charge on any atom is 0.234 e. The fourth-order valence-corrected chi connectivity index (χ4v) is 4.93. The summed E-state index contributed by atoms with van der Waals surface area (Å²) in [7, 11) is 0. The summed E-state index contributed by atoms with van der Waals surface area (Å²) >= 11 is 0. The van der Waals surface area contributed by atoms with Crippen molar-refractivity contribution in [2.45, 2.75) is 63.6 Å². The third kappa shape index (κ3) is 6.32. The van der Waals surface area contributed by atoms with Gasteiger partial charge in [0.25, 0.3) is 0 Å². The summed E-state index contributed by atoms with van der Waals surface area (Å²) in [6, 6.07) is 14.0. The van der Waals surface area contributed by atoms with Crippen LogP contribution >= 0.6 is 0 Å². The van der Waals surface area contributed by atoms with Crippen molar-refractivity contribution >= 4 is 11.8 Å². The van der Waals surface area contributed by atoms with E-state index in [0.717, 1.165) is 62.9 Å². The van der Waals surface area contributed by atoms with E-state index in [9.17, 15) is 9.59 Å². The molecule has 2 N–H and O–H groups in total. The van der Waals surface area contributed by atoms with Crippen LogP contribution in [0.2, 0.25) is 0 Å². The van der Waals surface area contributed by atoms with Gasteiger partial charge in [0.05, 0.1) is 6.04 Å². The molecule has 2 aliphatic heterocycles. The summed E-state index contributed by atoms with van der Waals surface area (Å²) in [5.41, 5.74) is 7.76. The topological polar surface area (TPSA) is 88.8 Å². The first kappa shape index (κ1) is 23.2. The molecule has 0 radical (unpaired) electrons. The molecule has 0 saturated carbocycles. The lowest BCUT2D eigenvalue weighted by molar-refractivity contribution is -0.134. The second kappa shape index (κ2) is 11.3. The molecule has 1 atom stereocenters. The highest BCUT2D eigenvalue weighted by Crippen LogP contribution is 2.25. The van der Waals surface area contributed by atoms with Crippen molar-refractivity contribution in [1.82, 2.24) is 14.8 Å². The van der Waals surface area contributed by atoms with E-state index >= 15 is 0 Å². The highest BCUT2D eigenvalue weighted by Gasteiger charge is 2.34. The molecule has 2 aliphatic rings. The summed E-state index contributed by atoms with van der Waals surface area (Å²) in [6.45, 7) is 2.91. The fourth-order valence-electron chi connectivity index (χ4n) is 4.93. The molecule has 2 saturated heterocycles. The zero-order chi connectivity index (χ0) is 23.0. The molecule has 1 aromatic heterocycles. The molecule has 1 aromatic carbocycles. The Morgan fingerprint density at radius 3 is 2.45 bits per heavy atom. The number of nitrogens with two attached hydrogens (primary N) is 1. The number of hydrogen-bond donors (Lipinski definition) is 1. The lowest BCUT2D eigenvalue weighted by atomic mass is 9.94. The van der Waals surface area contributed by atoms with Gasteiger partial charge in [-0.1, -0.05) is 42.8 Å². The minimum Gasteiger partial charge on any atom is -0.473 e. The van der Waals surface area contributed by atoms with Gasteiger partial charge < -0.3 is 15.4 Å². The van der Waals surface area contributed by atoms with Crippen LogP contribution in [0.3, 0.4) is 0 Å². The molecule has 7 heteroatoms. The maximum atomic E-state index is 12.7. The van der Waals surface area contributed by atoms with Crippen LogP contribution in [0.5, 0.6) is 5.88 Å². The van der Waals surface area contributed by atoms with Crippen LogP contribution in [-0.4, -0.2) is 58.3 Å². The standard InChI is InChI=1S/C26H34N4O3/c27-26(32)23-8-4-5-15-30(23)22-13-16-29(17-14-22)25(31)12-10-20-9-11-24(28-18-20)33-19-21-6-2-1-3-7-21/h1-3,6-7,9,11,18,22-23H,4-5,8,10,12-17,19H2,(H2,27,32). The number of aryl methyl sites for hydroxylation is 1. The third-order valence-corrected chi connectivity index (χ3v) is 6.81. The third-order valence-electron chi connectivity index (χ3n) is 6.81. The number of ether oxygens (including phenoxy) is 1. The molecule has 33 heavy (non-hydrogen) atoms. The zero-order valence-corrected chi connectivity index (χ0v) is 19.2. The van der Waals surface area contributed by atoms with Gasteiger partial charge in [-0.05, 0) is 49.8 Å². The number of hydrogen-bond acceptors (Lipinski definition) is 5. The number of primary amides is 1. The molecule has 0 spiro atoms. The maximum absolute atomic E-state index is 12.7. The van der Waals surface area contributed by atoms with Crippen LogP contribution in [0.4, 0.5) is 0 Å². The van der Waals surface area contributed by atoms with Gasteiger partial charge in [-0.25, -0.2) is 4.98 Å². The smallest absolute Gasteiger partial charge is 0.234 e. The predicted molar refractivity (Wildman–Crippen MR) is 126 cm³/mol. The number of piperidine rings is 2. The van der Waals surface area contributed by atoms with Crippen LogP contribution in [0.15, 0.2) is 48.7 Å². The summed E-state index contributed by atoms with van der Waals surface area (Å²) < 4.78 is 5.73. The molecule has 2 amide bonds. The van der Waals surface area contributed by atoms with Gasteiger partial charge in [0, 0.05) is 37.8 Å². The number of nitrogens with zero attached hydrogens (tertiary/aromatic N) is 3. The second-order valence-corrected chi connectivity index (χ2v) is 9.04. The van der Waals surface area contributed by atoms with Crippen molar-refractivity contribution in [2.24, 2.45) is 5.73 Å². The summed E-state index contributed by atoms with van der Waals surface area (Å²) in [5.74, 6) is 0.559. The van der Waals surface area contributed by atoms with Gasteiger partial charge in [0.1, 0.15) is 6.61 Å². The molecule has 7 nitrogen and oxygen atoms in total. The fraction of sp³-hybridized carbons (Fsp3) is 0.500. The second-order valence-electron chi connectivity index (χ2n) is 9.04. The number of pyridine rings is 1. The zero-order valence-electron chi connectivity index (χ0n) is 19.2. The minimum atomic E-state index is -0.210. The number of benzene rings is 1. The Labute approximate surface area is 195 Å². The van der Waals surface area contributed by atoms with Gasteiger partial charge in [-0.2, -0.15) is 0 Å². The summed E-state index contributed by atoms with van der Waals surface area (Å²) in [6.07, 6.45) is 7.79. The molecule has 0 bridgehead atoms. The Balaban J connectivity index is 1.20. The normalized spacial score (nSPS) is 19.9. The predicted octanol–water partition coefficient (Wildman–Crippen LogP) is 2.92. The number of carbonyl (C=O) groups is 2. The van der Waals surface area contributed by atoms with E-state index in [-0.39, 0.29) is 17.9 Å². The summed E-state index contributed by atoms with van der Waals surface area (Å²) in [4.78, 5) is 33.2. The first-order valence-electron chi connectivity index (χ1n) is 12.0. The van der Waals surface area contributed by atoms with Crippen molar-refractivity contribution in [1.29, 1.82) is 0 Å². The van der Waals surface area contributed by atoms with E-state index in [1.54, 1.807) is 6.20 Å². The Morgan fingerprint density at radius 2 is 1.76 bits per heavy atom. The molecule has 176 valence electrons. The number of likely N-dealkylation sites (tertiary alicyclic amines) is 2. The quantitative estimate of drug-likeness (QED) is 0.668. The van der Waals surface area contributed by atoms with Crippen molar-refractivity contribution in [3.05, 3.63) is 59.8 Å². The van der Waals surface area contributed by atoms with E-state index in [4.69, 9.17) is 10.5 Å². The van der Waals surface area contributed by atoms with Crippen molar-refractivity contribution < 1.29 is 14.3 Å². The number of amides is 2. The Bertz CT molecular complexity index is 911. The molecule has 2 fully saturated rings. The monoisotopic (exact) mass is 450 g/mol. The van der Waals surface area contributed by atoms with Crippen molar-refractivity contribution in [2.75, 3.05) is 19.6 Å². The molecule has 3 heterocycles. The van der Waals surface area contributed by atoms with E-state index < -0.39 is 0 Å². The van der Waals surface area contributed by atoms with E-state index in [0.29, 0.717) is 31.4 Å². The first-order chi connectivity index (χ1) is 16.1. The van der Waals surface area contributed by atoms with E-state index in [1.165, 1.54) is 0 Å². The SMILES string of the molecule is NC(=O)C1CCCCN1C1CCN(C(=O)CCc2ccc(OCc3ccccc3)nc2)CC1. The van der Waals surface area contributed by atoms with Crippen LogP contribution in [0.1, 0.15) is 49.7 Å². The molecule has 4 rings (SSSR count). The average Bonchev–Trinajstić information content (AvgIpc) is 2.87. The summed E-state index contributed by atoms with van der Waals surface area (Å²) in [5, 5.41) is 0. The highest BCUT2D eigenvalue weighted by molar-refractivity contribution is 5.80. The number of carbonyl (C=O) groups excluding carboxylic acids is 2. The van der Waals surface area contributed by atoms with E-state index in [2.05, 4.69) is 9.88 Å². The molecule has 0 aliphatic carbocycles. The van der Waals surface area contributed by atoms with E-state index in [1.807, 2.05) is 47.4 Å². The highest BCUT2D eigenvalue weighted by atomic mass is 16.5. The Hall–Kier alpha value is -2.93. The number of rotatable bonds is 8. The Kier molecular flexibility index (Phi) is 7.94. The largest absolute Gasteiger partial charge is 0.473 e. The Morgan fingerprint density at radius 1 is 0.970 bits per heavy atom. The molecular weight excluding hydrogens is 416 g/mol. The van der Waals surface area contributed by atoms with Gasteiger partial charge in [-0.3, -0.25) is 14.5 Å². The number of aromatic nitrogens is 1. The minimum absolute atomic E-state index is 0.141. The van der Waals surface area contributed by atoms with Crippen molar-refractivity contribution in [3.8, 4) is 5.88 Å². The van der Waals surface area contributed by atoms with Gasteiger partial charge in [0.2, 0.25) is 17.7 Å². The van der Waals surface area contributed by atoms with Gasteiger partial charge in [-0.15, -0.1) is 0 Å². The van der Waals surface area contributed by atoms with Crippen LogP contribution in [0, 0.1) is 0 Å². The first-order valence-corrected chi connectivity index (χ1v) is 12.0. The molecule has 2 aromatic rings. The molecular formula is C26H34N4O3. The molecule has 1 unspecified atom stereocenters. The van der Waals surface area contributed by atoms with Gasteiger partial charge in [0.15, 0.2) is 0 Å². The average molecular weight is 451 g/mol. The van der Waals surface area contributed by atoms with Crippen LogP contribution in [0.25, 0.3) is 0 Å². The lowest BCUT2D eigenvalue weighted by Gasteiger charge is -2.43.